The molecule has 172 valence electrons. The molecule has 0 bridgehead atoms. The molecule has 0 atom stereocenters. The van der Waals surface area contributed by atoms with Crippen molar-refractivity contribution in [1.29, 1.82) is 0 Å². The van der Waals surface area contributed by atoms with Crippen molar-refractivity contribution in [3.05, 3.63) is 120 Å². The molecule has 0 aliphatic carbocycles. The number of hydrogen-bond donors (Lipinski definition) is 1. The van der Waals surface area contributed by atoms with Crippen LogP contribution in [0.4, 0.5) is 0 Å². The summed E-state index contributed by atoms with van der Waals surface area (Å²) in [5, 5.41) is 5.33. The van der Waals surface area contributed by atoms with Crippen molar-refractivity contribution in [3.63, 3.8) is 0 Å². The number of rotatable bonds is 7. The van der Waals surface area contributed by atoms with E-state index in [0.717, 1.165) is 27.9 Å². The quantitative estimate of drug-likeness (QED) is 0.211. The Morgan fingerprint density at radius 3 is 2.11 bits per heavy atom. The summed E-state index contributed by atoms with van der Waals surface area (Å²) in [5.41, 5.74) is 10.6. The van der Waals surface area contributed by atoms with E-state index in [1.54, 1.807) is 6.21 Å². The summed E-state index contributed by atoms with van der Waals surface area (Å²) in [5.74, 6) is -0.118. The van der Waals surface area contributed by atoms with Gasteiger partial charge in [0.2, 0.25) is 5.91 Å². The van der Waals surface area contributed by atoms with Gasteiger partial charge in [-0.1, -0.05) is 109 Å². The maximum atomic E-state index is 12.7. The molecule has 0 saturated carbocycles. The molecule has 4 heteroatoms. The highest BCUT2D eigenvalue weighted by Crippen LogP contribution is 2.42. The van der Waals surface area contributed by atoms with E-state index in [9.17, 15) is 4.79 Å². The smallest absolute Gasteiger partial charge is 0.241 e. The van der Waals surface area contributed by atoms with Gasteiger partial charge in [-0.15, -0.1) is 0 Å². The van der Waals surface area contributed by atoms with Gasteiger partial charge in [-0.2, -0.15) is 5.10 Å². The van der Waals surface area contributed by atoms with Crippen LogP contribution in [0.1, 0.15) is 17.5 Å². The van der Waals surface area contributed by atoms with E-state index in [2.05, 4.69) is 88.7 Å². The fraction of sp³-hybridized carbons (Fsp3) is 0.0968. The van der Waals surface area contributed by atoms with E-state index in [1.165, 1.54) is 16.5 Å². The van der Waals surface area contributed by atoms with Gasteiger partial charge in [0.15, 0.2) is 0 Å². The van der Waals surface area contributed by atoms with Crippen LogP contribution in [-0.2, 0) is 11.3 Å². The lowest BCUT2D eigenvalue weighted by Gasteiger charge is -2.13. The minimum atomic E-state index is -0.118. The molecule has 0 saturated heterocycles. The number of fused-ring (bicyclic) bond motifs is 1. The van der Waals surface area contributed by atoms with Gasteiger partial charge in [0, 0.05) is 23.9 Å². The van der Waals surface area contributed by atoms with Crippen LogP contribution in [0.3, 0.4) is 0 Å². The summed E-state index contributed by atoms with van der Waals surface area (Å²) in [6.07, 6.45) is 1.98. The highest BCUT2D eigenvalue weighted by Gasteiger charge is 2.21. The second-order valence-electron chi connectivity index (χ2n) is 8.53. The van der Waals surface area contributed by atoms with Crippen molar-refractivity contribution in [2.75, 3.05) is 0 Å². The lowest BCUT2D eigenvalue weighted by molar-refractivity contribution is -0.121. The summed E-state index contributed by atoms with van der Waals surface area (Å²) in [6, 6.07) is 37.0. The van der Waals surface area contributed by atoms with Crippen LogP contribution in [0.15, 0.2) is 114 Å². The van der Waals surface area contributed by atoms with E-state index >= 15 is 0 Å². The molecule has 0 aliphatic heterocycles. The Hall–Kier alpha value is -4.44. The van der Waals surface area contributed by atoms with Gasteiger partial charge in [0.05, 0.1) is 17.4 Å². The lowest BCUT2D eigenvalue weighted by Crippen LogP contribution is -2.19. The largest absolute Gasteiger partial charge is 0.339 e. The topological polar surface area (TPSA) is 46.4 Å². The molecule has 0 aliphatic rings. The maximum Gasteiger partial charge on any atom is 0.241 e. The number of aromatic nitrogens is 1. The lowest BCUT2D eigenvalue weighted by atomic mass is 9.98. The highest BCUT2D eigenvalue weighted by atomic mass is 16.2. The first-order valence-corrected chi connectivity index (χ1v) is 11.8. The van der Waals surface area contributed by atoms with Gasteiger partial charge in [0.25, 0.3) is 0 Å². The van der Waals surface area contributed by atoms with Crippen LogP contribution in [0.2, 0.25) is 0 Å². The minimum absolute atomic E-state index is 0.118. The van der Waals surface area contributed by atoms with E-state index in [4.69, 9.17) is 0 Å². The Morgan fingerprint density at radius 1 is 0.800 bits per heavy atom. The van der Waals surface area contributed by atoms with Crippen LogP contribution >= 0.6 is 0 Å². The number of benzene rings is 4. The first kappa shape index (κ1) is 22.4. The van der Waals surface area contributed by atoms with Gasteiger partial charge in [0.1, 0.15) is 0 Å². The average Bonchev–Trinajstić information content (AvgIpc) is 3.24. The number of hydrazone groups is 1. The Kier molecular flexibility index (Phi) is 6.53. The number of nitrogens with zero attached hydrogens (tertiary/aromatic N) is 2. The highest BCUT2D eigenvalue weighted by molar-refractivity contribution is 6.05. The van der Waals surface area contributed by atoms with Crippen molar-refractivity contribution in [3.8, 4) is 22.4 Å². The molecule has 1 aromatic heterocycles. The number of amides is 1. The number of hydrogen-bond acceptors (Lipinski definition) is 2. The van der Waals surface area contributed by atoms with Crippen LogP contribution in [0, 0.1) is 6.92 Å². The number of carbonyl (C=O) groups is 1. The number of aryl methyl sites for hydroxylation is 2. The fourth-order valence-electron chi connectivity index (χ4n) is 4.60. The summed E-state index contributed by atoms with van der Waals surface area (Å²) in [6.45, 7) is 2.68. The number of para-hydroxylation sites is 1. The van der Waals surface area contributed by atoms with Gasteiger partial charge in [-0.05, 0) is 29.2 Å². The summed E-state index contributed by atoms with van der Waals surface area (Å²) in [4.78, 5) is 12.7. The molecular formula is C31H27N3O. The average molecular weight is 458 g/mol. The van der Waals surface area contributed by atoms with E-state index in [-0.39, 0.29) is 5.91 Å². The fourth-order valence-corrected chi connectivity index (χ4v) is 4.60. The van der Waals surface area contributed by atoms with Crippen molar-refractivity contribution in [2.45, 2.75) is 19.9 Å². The Bertz CT molecular complexity index is 1470. The number of nitrogens with one attached hydrogen (secondary N) is 1. The zero-order chi connectivity index (χ0) is 24.0. The second kappa shape index (κ2) is 10.2. The molecule has 0 spiro atoms. The molecular weight excluding hydrogens is 430 g/mol. The number of carbonyl (C=O) groups excluding carboxylic acids is 1. The first-order chi connectivity index (χ1) is 17.2. The SMILES string of the molecule is Cc1cccc2c(-c3ccccc3)c(-c3ccccc3)n(CCC(=O)N/N=C\c3ccccc3)c12. The van der Waals surface area contributed by atoms with Crippen LogP contribution in [0.5, 0.6) is 0 Å². The molecule has 0 radical (unpaired) electrons. The second-order valence-corrected chi connectivity index (χ2v) is 8.53. The van der Waals surface area contributed by atoms with Crippen molar-refractivity contribution < 1.29 is 4.79 Å². The van der Waals surface area contributed by atoms with E-state index < -0.39 is 0 Å². The van der Waals surface area contributed by atoms with Gasteiger partial charge < -0.3 is 4.57 Å². The predicted octanol–water partition coefficient (Wildman–Crippen LogP) is 6.82. The normalized spacial score (nSPS) is 11.2. The summed E-state index contributed by atoms with van der Waals surface area (Å²) < 4.78 is 2.29. The van der Waals surface area contributed by atoms with Crippen LogP contribution in [-0.4, -0.2) is 16.7 Å². The third-order valence-electron chi connectivity index (χ3n) is 6.16. The Balaban J connectivity index is 1.53. The Morgan fingerprint density at radius 2 is 1.43 bits per heavy atom. The monoisotopic (exact) mass is 457 g/mol. The first-order valence-electron chi connectivity index (χ1n) is 11.8. The van der Waals surface area contributed by atoms with Crippen LogP contribution < -0.4 is 5.43 Å². The third-order valence-corrected chi connectivity index (χ3v) is 6.16. The molecule has 4 aromatic carbocycles. The van der Waals surface area contributed by atoms with Crippen molar-refractivity contribution in [2.24, 2.45) is 5.10 Å². The standard InChI is InChI=1S/C31H27N3O/c1-23-12-11-19-27-29(25-15-7-3-8-16-25)31(26-17-9-4-10-18-26)34(30(23)27)21-20-28(35)33-32-22-24-13-5-2-6-14-24/h2-19,22H,20-21H2,1H3,(H,33,35)/b32-22-. The van der Waals surface area contributed by atoms with Gasteiger partial charge >= 0.3 is 0 Å². The molecule has 0 fully saturated rings. The molecule has 5 rings (SSSR count). The predicted molar refractivity (Wildman–Crippen MR) is 144 cm³/mol. The van der Waals surface area contributed by atoms with E-state index in [0.29, 0.717) is 13.0 Å². The van der Waals surface area contributed by atoms with Crippen molar-refractivity contribution in [1.82, 2.24) is 9.99 Å². The molecule has 0 unspecified atom stereocenters. The van der Waals surface area contributed by atoms with Crippen LogP contribution in [0.25, 0.3) is 33.3 Å². The molecule has 1 N–H and O–H groups in total. The molecule has 1 amide bonds. The molecule has 1 heterocycles. The zero-order valence-corrected chi connectivity index (χ0v) is 19.7. The molecule has 35 heavy (non-hydrogen) atoms. The Labute approximate surface area is 205 Å². The zero-order valence-electron chi connectivity index (χ0n) is 19.7. The molecule has 4 nitrogen and oxygen atoms in total. The third kappa shape index (κ3) is 4.78. The summed E-state index contributed by atoms with van der Waals surface area (Å²) in [7, 11) is 0. The summed E-state index contributed by atoms with van der Waals surface area (Å²) >= 11 is 0. The minimum Gasteiger partial charge on any atom is -0.339 e. The van der Waals surface area contributed by atoms with Crippen molar-refractivity contribution >= 4 is 23.0 Å². The maximum absolute atomic E-state index is 12.7. The van der Waals surface area contributed by atoms with Gasteiger partial charge in [-0.25, -0.2) is 5.43 Å². The molecule has 5 aromatic rings. The van der Waals surface area contributed by atoms with Gasteiger partial charge in [-0.3, -0.25) is 4.79 Å². The van der Waals surface area contributed by atoms with E-state index in [1.807, 2.05) is 42.5 Å².